The van der Waals surface area contributed by atoms with Crippen molar-refractivity contribution in [2.45, 2.75) is 13.3 Å². The van der Waals surface area contributed by atoms with Crippen molar-refractivity contribution in [1.29, 1.82) is 0 Å². The lowest BCUT2D eigenvalue weighted by Gasteiger charge is -2.34. The Bertz CT molecular complexity index is 845. The molecule has 0 aliphatic carbocycles. The summed E-state index contributed by atoms with van der Waals surface area (Å²) in [6, 6.07) is 12.1. The number of benzene rings is 2. The molecule has 0 aromatic heterocycles. The van der Waals surface area contributed by atoms with Crippen molar-refractivity contribution < 1.29 is 9.53 Å². The molecule has 2 N–H and O–H groups in total. The largest absolute Gasteiger partial charge is 0.496 e. The fourth-order valence-corrected chi connectivity index (χ4v) is 3.74. The molecule has 1 fully saturated rings. The van der Waals surface area contributed by atoms with Crippen LogP contribution < -0.4 is 20.3 Å². The third kappa shape index (κ3) is 4.48. The first kappa shape index (κ1) is 21.0. The van der Waals surface area contributed by atoms with Gasteiger partial charge in [-0.05, 0) is 18.6 Å². The summed E-state index contributed by atoms with van der Waals surface area (Å²) in [4.78, 5) is 17.0. The quantitative estimate of drug-likeness (QED) is 0.752. The maximum absolute atomic E-state index is 13.0. The second-order valence-electron chi connectivity index (χ2n) is 7.45. The van der Waals surface area contributed by atoms with Crippen LogP contribution in [0.15, 0.2) is 36.4 Å². The lowest BCUT2D eigenvalue weighted by atomic mass is 9.96. The molecule has 0 saturated carbocycles. The number of methoxy groups -OCH3 is 1. The number of piperazine rings is 1. The molecule has 1 heterocycles. The van der Waals surface area contributed by atoms with Crippen LogP contribution >= 0.6 is 0 Å². The van der Waals surface area contributed by atoms with Crippen LogP contribution in [0.2, 0.25) is 0 Å². The number of para-hydroxylation sites is 1. The van der Waals surface area contributed by atoms with E-state index >= 15 is 0 Å². The predicted molar refractivity (Wildman–Crippen MR) is 120 cm³/mol. The van der Waals surface area contributed by atoms with Crippen molar-refractivity contribution in [3.63, 3.8) is 0 Å². The molecule has 29 heavy (non-hydrogen) atoms. The van der Waals surface area contributed by atoms with E-state index in [1.807, 2.05) is 24.3 Å². The number of carbonyl (C=O) groups excluding carboxylic acids is 1. The van der Waals surface area contributed by atoms with Gasteiger partial charge >= 0.3 is 0 Å². The van der Waals surface area contributed by atoms with Crippen LogP contribution in [-0.4, -0.2) is 64.7 Å². The maximum atomic E-state index is 13.0. The minimum atomic E-state index is 0.00608. The fraction of sp³-hybridized carbons (Fsp3) is 0.435. The summed E-state index contributed by atoms with van der Waals surface area (Å²) in [5, 5.41) is 6.98. The number of nitrogens with zero attached hydrogens (tertiary/aromatic N) is 2. The highest BCUT2D eigenvalue weighted by atomic mass is 16.5. The van der Waals surface area contributed by atoms with Crippen LogP contribution in [0.1, 0.15) is 23.7 Å². The smallest absolute Gasteiger partial charge is 0.255 e. The van der Waals surface area contributed by atoms with Gasteiger partial charge in [0.25, 0.3) is 5.91 Å². The lowest BCUT2D eigenvalue weighted by molar-refractivity contribution is 0.0828. The van der Waals surface area contributed by atoms with Crippen molar-refractivity contribution in [1.82, 2.24) is 10.2 Å². The summed E-state index contributed by atoms with van der Waals surface area (Å²) in [6.07, 6.45) is 0.982. The van der Waals surface area contributed by atoms with Gasteiger partial charge in [-0.1, -0.05) is 31.2 Å². The van der Waals surface area contributed by atoms with Crippen molar-refractivity contribution >= 4 is 17.3 Å². The highest BCUT2D eigenvalue weighted by molar-refractivity contribution is 6.05. The number of carbonyl (C=O) groups is 1. The van der Waals surface area contributed by atoms with Crippen molar-refractivity contribution in [3.05, 3.63) is 42.0 Å². The average molecular weight is 397 g/mol. The third-order valence-electron chi connectivity index (χ3n) is 5.20. The molecule has 0 spiro atoms. The number of ether oxygens (including phenoxy) is 1. The van der Waals surface area contributed by atoms with E-state index in [9.17, 15) is 4.79 Å². The Labute approximate surface area is 173 Å². The molecule has 0 atom stereocenters. The molecule has 0 unspecified atom stereocenters. The molecule has 1 aliphatic rings. The van der Waals surface area contributed by atoms with Crippen molar-refractivity contribution in [2.24, 2.45) is 0 Å². The van der Waals surface area contributed by atoms with E-state index in [0.717, 1.165) is 67.4 Å². The second-order valence-corrected chi connectivity index (χ2v) is 7.45. The Morgan fingerprint density at radius 1 is 1.14 bits per heavy atom. The summed E-state index contributed by atoms with van der Waals surface area (Å²) in [5.74, 6) is 0.837. The molecule has 156 valence electrons. The lowest BCUT2D eigenvalue weighted by Crippen LogP contribution is -2.44. The molecule has 0 radical (unpaired) electrons. The topological polar surface area (TPSA) is 56.8 Å². The zero-order valence-electron chi connectivity index (χ0n) is 17.9. The van der Waals surface area contributed by atoms with E-state index < -0.39 is 0 Å². The Balaban J connectivity index is 2.25. The number of nitrogens with one attached hydrogen (secondary N) is 2. The highest BCUT2D eigenvalue weighted by Gasteiger charge is 2.25. The van der Waals surface area contributed by atoms with Crippen LogP contribution in [-0.2, 0) is 0 Å². The highest BCUT2D eigenvalue weighted by Crippen LogP contribution is 2.43. The van der Waals surface area contributed by atoms with Gasteiger partial charge in [0.15, 0.2) is 0 Å². The predicted octanol–water partition coefficient (Wildman–Crippen LogP) is 3.30. The first-order valence-electron chi connectivity index (χ1n) is 10.3. The molecule has 1 aliphatic heterocycles. The normalized spacial score (nSPS) is 13.9. The zero-order chi connectivity index (χ0) is 20.8. The van der Waals surface area contributed by atoms with Gasteiger partial charge in [0.05, 0.1) is 24.0 Å². The second kappa shape index (κ2) is 9.65. The van der Waals surface area contributed by atoms with Gasteiger partial charge in [-0.3, -0.25) is 4.79 Å². The summed E-state index contributed by atoms with van der Waals surface area (Å²) in [5.41, 5.74) is 4.81. The Morgan fingerprint density at radius 3 is 2.52 bits per heavy atom. The third-order valence-corrected chi connectivity index (χ3v) is 5.20. The molecular formula is C23H32N4O2. The first-order valence-corrected chi connectivity index (χ1v) is 10.3. The first-order chi connectivity index (χ1) is 14.1. The molecular weight excluding hydrogens is 364 g/mol. The minimum absolute atomic E-state index is 0.00608. The standard InChI is InChI=1S/C23H32N4O2/c1-5-12-25-21-19(23(28)26(2)3)11-10-18(17-8-6-7-9-20(17)29-4)22(21)27-15-13-24-14-16-27/h6-11,24-25H,5,12-16H2,1-4H3. The number of anilines is 2. The van der Waals surface area contributed by atoms with Crippen LogP contribution in [0, 0.1) is 0 Å². The number of hydrogen-bond donors (Lipinski definition) is 2. The van der Waals surface area contributed by atoms with Gasteiger partial charge in [0.1, 0.15) is 5.75 Å². The van der Waals surface area contributed by atoms with Crippen LogP contribution in [0.4, 0.5) is 11.4 Å². The van der Waals surface area contributed by atoms with Crippen LogP contribution in [0.5, 0.6) is 5.75 Å². The molecule has 2 aromatic rings. The molecule has 6 heteroatoms. The van der Waals surface area contributed by atoms with Gasteiger partial charge in [-0.15, -0.1) is 0 Å². The Hall–Kier alpha value is -2.73. The Morgan fingerprint density at radius 2 is 1.86 bits per heavy atom. The van der Waals surface area contributed by atoms with Gasteiger partial charge in [0, 0.05) is 57.9 Å². The average Bonchev–Trinajstić information content (AvgIpc) is 2.77. The summed E-state index contributed by atoms with van der Waals surface area (Å²) in [7, 11) is 5.29. The molecule has 2 aromatic carbocycles. The SMILES string of the molecule is CCCNc1c(C(=O)N(C)C)ccc(-c2ccccc2OC)c1N1CCNCC1. The zero-order valence-corrected chi connectivity index (χ0v) is 17.9. The van der Waals surface area contributed by atoms with Gasteiger partial charge in [-0.2, -0.15) is 0 Å². The molecule has 1 saturated heterocycles. The van der Waals surface area contributed by atoms with Crippen LogP contribution in [0.3, 0.4) is 0 Å². The molecule has 0 bridgehead atoms. The van der Waals surface area contributed by atoms with Crippen LogP contribution in [0.25, 0.3) is 11.1 Å². The number of hydrogen-bond acceptors (Lipinski definition) is 5. The maximum Gasteiger partial charge on any atom is 0.255 e. The van der Waals surface area contributed by atoms with Gasteiger partial charge in [0.2, 0.25) is 0 Å². The van der Waals surface area contributed by atoms with Gasteiger partial charge < -0.3 is 25.2 Å². The van der Waals surface area contributed by atoms with Gasteiger partial charge in [-0.25, -0.2) is 0 Å². The monoisotopic (exact) mass is 396 g/mol. The summed E-state index contributed by atoms with van der Waals surface area (Å²) in [6.45, 7) is 6.57. The van der Waals surface area contributed by atoms with E-state index in [0.29, 0.717) is 5.56 Å². The molecule has 6 nitrogen and oxygen atoms in total. The molecule has 1 amide bonds. The van der Waals surface area contributed by atoms with E-state index in [-0.39, 0.29) is 5.91 Å². The molecule has 3 rings (SSSR count). The summed E-state index contributed by atoms with van der Waals surface area (Å²) >= 11 is 0. The Kier molecular flexibility index (Phi) is 6.99. The van der Waals surface area contributed by atoms with E-state index in [1.54, 1.807) is 26.1 Å². The number of rotatable bonds is 7. The summed E-state index contributed by atoms with van der Waals surface area (Å²) < 4.78 is 5.65. The minimum Gasteiger partial charge on any atom is -0.496 e. The fourth-order valence-electron chi connectivity index (χ4n) is 3.74. The van der Waals surface area contributed by atoms with E-state index in [1.165, 1.54) is 0 Å². The van der Waals surface area contributed by atoms with E-state index in [2.05, 4.69) is 34.6 Å². The number of amides is 1. The van der Waals surface area contributed by atoms with Crippen molar-refractivity contribution in [2.75, 3.05) is 64.1 Å². The van der Waals surface area contributed by atoms with E-state index in [4.69, 9.17) is 4.74 Å². The van der Waals surface area contributed by atoms with Crippen molar-refractivity contribution in [3.8, 4) is 16.9 Å².